The Morgan fingerprint density at radius 2 is 2.06 bits per heavy atom. The minimum atomic E-state index is 0.108. The standard InChI is InChI=1S/C11H13Br2N3S/c1-11(2,3)7-6-17-10(14-7)5-16-9(13)4-8(12)15-16/h4,6H,5H2,1-3H3. The first-order valence-corrected chi connectivity index (χ1v) is 7.66. The first kappa shape index (κ1) is 13.2. The highest BCUT2D eigenvalue weighted by molar-refractivity contribution is 9.11. The fourth-order valence-corrected chi connectivity index (χ4v) is 3.47. The highest BCUT2D eigenvalue weighted by Gasteiger charge is 2.17. The second kappa shape index (κ2) is 4.82. The lowest BCUT2D eigenvalue weighted by molar-refractivity contribution is 0.567. The summed E-state index contributed by atoms with van der Waals surface area (Å²) in [6, 6.07) is 1.93. The summed E-state index contributed by atoms with van der Waals surface area (Å²) in [7, 11) is 0. The van der Waals surface area contributed by atoms with Crippen LogP contribution in [0.15, 0.2) is 20.7 Å². The van der Waals surface area contributed by atoms with Crippen molar-refractivity contribution in [3.05, 3.63) is 31.4 Å². The lowest BCUT2D eigenvalue weighted by atomic mass is 9.93. The molecule has 0 spiro atoms. The molecule has 0 aliphatic heterocycles. The van der Waals surface area contributed by atoms with Gasteiger partial charge in [-0.25, -0.2) is 4.98 Å². The summed E-state index contributed by atoms with van der Waals surface area (Å²) < 4.78 is 3.67. The van der Waals surface area contributed by atoms with Crippen LogP contribution in [0.5, 0.6) is 0 Å². The van der Waals surface area contributed by atoms with Gasteiger partial charge in [0.15, 0.2) is 0 Å². The molecule has 0 radical (unpaired) electrons. The molecule has 2 aromatic heterocycles. The first-order valence-electron chi connectivity index (χ1n) is 5.20. The van der Waals surface area contributed by atoms with Crippen LogP contribution >= 0.6 is 43.2 Å². The van der Waals surface area contributed by atoms with Crippen molar-refractivity contribution in [1.82, 2.24) is 14.8 Å². The number of hydrogen-bond acceptors (Lipinski definition) is 3. The Hall–Kier alpha value is -0.200. The van der Waals surface area contributed by atoms with E-state index in [0.29, 0.717) is 6.54 Å². The number of rotatable bonds is 2. The maximum atomic E-state index is 4.65. The minimum Gasteiger partial charge on any atom is -0.250 e. The van der Waals surface area contributed by atoms with Crippen LogP contribution in [0.4, 0.5) is 0 Å². The normalized spacial score (nSPS) is 12.1. The van der Waals surface area contributed by atoms with Gasteiger partial charge in [-0.2, -0.15) is 5.10 Å². The Balaban J connectivity index is 2.20. The fraction of sp³-hybridized carbons (Fsp3) is 0.455. The van der Waals surface area contributed by atoms with E-state index in [0.717, 1.165) is 19.9 Å². The molecule has 2 heterocycles. The van der Waals surface area contributed by atoms with Gasteiger partial charge in [-0.1, -0.05) is 20.8 Å². The number of hydrogen-bond donors (Lipinski definition) is 0. The van der Waals surface area contributed by atoms with Crippen LogP contribution in [0, 0.1) is 0 Å². The fourth-order valence-electron chi connectivity index (χ4n) is 1.33. The zero-order chi connectivity index (χ0) is 12.6. The molecule has 0 atom stereocenters. The van der Waals surface area contributed by atoms with Crippen molar-refractivity contribution < 1.29 is 0 Å². The molecule has 0 aliphatic carbocycles. The summed E-state index contributed by atoms with van der Waals surface area (Å²) >= 11 is 8.50. The Bertz CT molecular complexity index is 525. The quantitative estimate of drug-likeness (QED) is 0.783. The predicted octanol–water partition coefficient (Wildman–Crippen LogP) is 4.21. The molecule has 2 aromatic rings. The van der Waals surface area contributed by atoms with Crippen LogP contribution in [-0.2, 0) is 12.0 Å². The lowest BCUT2D eigenvalue weighted by Gasteiger charge is -2.14. The molecule has 2 rings (SSSR count). The van der Waals surface area contributed by atoms with Crippen LogP contribution < -0.4 is 0 Å². The van der Waals surface area contributed by atoms with Crippen molar-refractivity contribution in [2.24, 2.45) is 0 Å². The van der Waals surface area contributed by atoms with E-state index in [1.54, 1.807) is 11.3 Å². The molecule has 0 amide bonds. The monoisotopic (exact) mass is 377 g/mol. The molecular formula is C11H13Br2N3S. The third-order valence-electron chi connectivity index (χ3n) is 2.31. The highest BCUT2D eigenvalue weighted by atomic mass is 79.9. The van der Waals surface area contributed by atoms with Crippen molar-refractivity contribution in [2.45, 2.75) is 32.7 Å². The Labute approximate surface area is 122 Å². The molecule has 92 valence electrons. The van der Waals surface area contributed by atoms with Crippen LogP contribution in [0.3, 0.4) is 0 Å². The summed E-state index contributed by atoms with van der Waals surface area (Å²) in [6.07, 6.45) is 0. The van der Waals surface area contributed by atoms with Gasteiger partial charge in [0.2, 0.25) is 0 Å². The van der Waals surface area contributed by atoms with Crippen LogP contribution in [0.2, 0.25) is 0 Å². The molecule has 3 nitrogen and oxygen atoms in total. The van der Waals surface area contributed by atoms with Crippen LogP contribution in [0.1, 0.15) is 31.5 Å². The zero-order valence-corrected chi connectivity index (χ0v) is 13.9. The number of aromatic nitrogens is 3. The van der Waals surface area contributed by atoms with Crippen molar-refractivity contribution in [2.75, 3.05) is 0 Å². The molecule has 0 aliphatic rings. The number of thiazole rings is 1. The van der Waals surface area contributed by atoms with Crippen LogP contribution in [0.25, 0.3) is 0 Å². The van der Waals surface area contributed by atoms with Crippen molar-refractivity contribution in [3.63, 3.8) is 0 Å². The largest absolute Gasteiger partial charge is 0.250 e. The number of halogens is 2. The van der Waals surface area contributed by atoms with Crippen LogP contribution in [-0.4, -0.2) is 14.8 Å². The first-order chi connectivity index (χ1) is 7.86. The van der Waals surface area contributed by atoms with Gasteiger partial charge in [0, 0.05) is 16.9 Å². The van der Waals surface area contributed by atoms with Gasteiger partial charge in [0.25, 0.3) is 0 Å². The summed E-state index contributed by atoms with van der Waals surface area (Å²) in [5.41, 5.74) is 1.25. The van der Waals surface area contributed by atoms with Gasteiger partial charge in [-0.3, -0.25) is 4.68 Å². The van der Waals surface area contributed by atoms with E-state index in [4.69, 9.17) is 0 Å². The van der Waals surface area contributed by atoms with E-state index in [2.05, 4.69) is 68.1 Å². The van der Waals surface area contributed by atoms with E-state index in [1.807, 2.05) is 10.7 Å². The van der Waals surface area contributed by atoms with E-state index in [9.17, 15) is 0 Å². The zero-order valence-electron chi connectivity index (χ0n) is 9.87. The average molecular weight is 379 g/mol. The van der Waals surface area contributed by atoms with E-state index < -0.39 is 0 Å². The second-order valence-electron chi connectivity index (χ2n) is 4.82. The van der Waals surface area contributed by atoms with Gasteiger partial charge in [0.1, 0.15) is 14.2 Å². The molecule has 6 heteroatoms. The Morgan fingerprint density at radius 1 is 1.35 bits per heavy atom. The summed E-state index contributed by atoms with van der Waals surface area (Å²) in [5.74, 6) is 0. The summed E-state index contributed by atoms with van der Waals surface area (Å²) in [5, 5.41) is 7.53. The molecule has 0 unspecified atom stereocenters. The smallest absolute Gasteiger partial charge is 0.129 e. The average Bonchev–Trinajstić information content (AvgIpc) is 2.74. The van der Waals surface area contributed by atoms with E-state index in [-0.39, 0.29) is 5.41 Å². The predicted molar refractivity (Wildman–Crippen MR) is 77.5 cm³/mol. The third kappa shape index (κ3) is 3.17. The topological polar surface area (TPSA) is 30.7 Å². The highest BCUT2D eigenvalue weighted by Crippen LogP contribution is 2.25. The van der Waals surface area contributed by atoms with Gasteiger partial charge in [0.05, 0.1) is 12.2 Å². The molecule has 0 aromatic carbocycles. The molecule has 0 saturated carbocycles. The molecule has 0 saturated heterocycles. The summed E-state index contributed by atoms with van der Waals surface area (Å²) in [4.78, 5) is 4.65. The number of nitrogens with zero attached hydrogens (tertiary/aromatic N) is 3. The summed E-state index contributed by atoms with van der Waals surface area (Å²) in [6.45, 7) is 7.22. The van der Waals surface area contributed by atoms with Crippen molar-refractivity contribution in [3.8, 4) is 0 Å². The molecular weight excluding hydrogens is 366 g/mol. The van der Waals surface area contributed by atoms with Crippen molar-refractivity contribution in [1.29, 1.82) is 0 Å². The van der Waals surface area contributed by atoms with E-state index in [1.165, 1.54) is 0 Å². The SMILES string of the molecule is CC(C)(C)c1csc(Cn2nc(Br)cc2Br)n1. The molecule has 0 fully saturated rings. The molecule has 0 N–H and O–H groups in total. The lowest BCUT2D eigenvalue weighted by Crippen LogP contribution is -2.12. The minimum absolute atomic E-state index is 0.108. The van der Waals surface area contributed by atoms with Crippen molar-refractivity contribution >= 4 is 43.2 Å². The Kier molecular flexibility index (Phi) is 3.75. The molecule has 0 bridgehead atoms. The second-order valence-corrected chi connectivity index (χ2v) is 7.39. The van der Waals surface area contributed by atoms with E-state index >= 15 is 0 Å². The maximum Gasteiger partial charge on any atom is 0.129 e. The third-order valence-corrected chi connectivity index (χ3v) is 4.17. The van der Waals surface area contributed by atoms with Gasteiger partial charge in [-0.05, 0) is 31.9 Å². The Morgan fingerprint density at radius 3 is 2.53 bits per heavy atom. The van der Waals surface area contributed by atoms with Gasteiger partial charge in [-0.15, -0.1) is 11.3 Å². The maximum absolute atomic E-state index is 4.65. The molecule has 17 heavy (non-hydrogen) atoms. The van der Waals surface area contributed by atoms with Gasteiger partial charge >= 0.3 is 0 Å². The van der Waals surface area contributed by atoms with Gasteiger partial charge < -0.3 is 0 Å².